The van der Waals surface area contributed by atoms with Gasteiger partial charge in [-0.25, -0.2) is 4.99 Å². The third kappa shape index (κ3) is 6.08. The van der Waals surface area contributed by atoms with Crippen molar-refractivity contribution in [3.63, 3.8) is 0 Å². The van der Waals surface area contributed by atoms with Crippen LogP contribution in [-0.4, -0.2) is 56.0 Å². The Hall–Kier alpha value is -4.04. The quantitative estimate of drug-likeness (QED) is 0.353. The second-order valence-electron chi connectivity index (χ2n) is 9.09. The van der Waals surface area contributed by atoms with Crippen molar-refractivity contribution in [3.8, 4) is 17.2 Å². The summed E-state index contributed by atoms with van der Waals surface area (Å²) in [7, 11) is 3.16. The van der Waals surface area contributed by atoms with E-state index < -0.39 is 11.6 Å². The summed E-state index contributed by atoms with van der Waals surface area (Å²) in [4.78, 5) is 18.7. The minimum absolute atomic E-state index is 0.0815. The zero-order valence-corrected chi connectivity index (χ0v) is 22.0. The number of nitrogens with one attached hydrogen (secondary N) is 1. The van der Waals surface area contributed by atoms with E-state index >= 15 is 0 Å². The molecule has 3 aromatic rings. The van der Waals surface area contributed by atoms with Gasteiger partial charge in [0.05, 0.1) is 20.8 Å². The summed E-state index contributed by atoms with van der Waals surface area (Å²) in [6, 6.07) is 22.8. The van der Waals surface area contributed by atoms with Crippen LogP contribution in [0.2, 0.25) is 0 Å². The van der Waals surface area contributed by atoms with Crippen molar-refractivity contribution >= 4 is 11.8 Å². The molecule has 38 heavy (non-hydrogen) atoms. The fourth-order valence-electron chi connectivity index (χ4n) is 4.38. The number of carbonyl (C=O) groups is 1. The molecule has 1 amide bonds. The van der Waals surface area contributed by atoms with Gasteiger partial charge in [0.25, 0.3) is 5.91 Å². The highest BCUT2D eigenvalue weighted by Gasteiger charge is 2.50. The molecule has 0 radical (unpaired) electrons. The van der Waals surface area contributed by atoms with Gasteiger partial charge in [-0.05, 0) is 54.4 Å². The number of rotatable bonds is 12. The van der Waals surface area contributed by atoms with E-state index in [1.807, 2.05) is 79.7 Å². The molecule has 1 aliphatic rings. The summed E-state index contributed by atoms with van der Waals surface area (Å²) in [5.41, 5.74) is 1.47. The first-order valence-corrected chi connectivity index (χ1v) is 12.6. The van der Waals surface area contributed by atoms with Gasteiger partial charge in [0.15, 0.2) is 17.0 Å². The summed E-state index contributed by atoms with van der Waals surface area (Å²) in [6.07, 6.45) is 0.456. The lowest BCUT2D eigenvalue weighted by molar-refractivity contribution is -0.128. The third-order valence-electron chi connectivity index (χ3n) is 6.55. The van der Waals surface area contributed by atoms with Gasteiger partial charge in [-0.15, -0.1) is 0 Å². The maximum atomic E-state index is 13.8. The number of aliphatic imine (C=N–C) groups is 1. The molecule has 0 aliphatic carbocycles. The smallest absolute Gasteiger partial charge is 0.252 e. The van der Waals surface area contributed by atoms with Crippen LogP contribution in [0.4, 0.5) is 0 Å². The van der Waals surface area contributed by atoms with E-state index in [2.05, 4.69) is 5.32 Å². The Kier molecular flexibility index (Phi) is 8.86. The number of aliphatic hydroxyl groups is 1. The zero-order valence-electron chi connectivity index (χ0n) is 22.0. The van der Waals surface area contributed by atoms with E-state index in [0.29, 0.717) is 49.1 Å². The lowest BCUT2D eigenvalue weighted by Gasteiger charge is -2.28. The van der Waals surface area contributed by atoms with Crippen LogP contribution in [0.1, 0.15) is 30.0 Å². The van der Waals surface area contributed by atoms with Crippen molar-refractivity contribution in [1.29, 1.82) is 0 Å². The fraction of sp³-hybridized carbons (Fsp3) is 0.333. The Morgan fingerprint density at radius 2 is 1.74 bits per heavy atom. The van der Waals surface area contributed by atoms with Crippen molar-refractivity contribution in [2.75, 3.05) is 27.4 Å². The fourth-order valence-corrected chi connectivity index (χ4v) is 4.38. The third-order valence-corrected chi connectivity index (χ3v) is 6.55. The topological polar surface area (TPSA) is 98.6 Å². The molecule has 8 nitrogen and oxygen atoms in total. The Morgan fingerprint density at radius 1 is 1.00 bits per heavy atom. The maximum absolute atomic E-state index is 13.8. The van der Waals surface area contributed by atoms with Gasteiger partial charge in [0, 0.05) is 31.6 Å². The molecule has 0 aromatic heterocycles. The van der Waals surface area contributed by atoms with E-state index in [1.54, 1.807) is 14.2 Å². The standard InChI is InChI=1S/C30H34N2O6/c1-21-30(19-22-8-5-4-6-9-22,29(34)31-20-23-10-15-26(35-2)27(18-23)36-3)32-28(38-21)24-11-13-25(14-12-24)37-17-7-16-33/h4-6,8-15,18,21,33H,7,16-17,19-20H2,1-3H3,(H,31,34)/t21-,30-/m1/s1. The van der Waals surface area contributed by atoms with Gasteiger partial charge >= 0.3 is 0 Å². The van der Waals surface area contributed by atoms with Crippen LogP contribution in [0, 0.1) is 0 Å². The number of carbonyl (C=O) groups excluding carboxylic acids is 1. The minimum Gasteiger partial charge on any atom is -0.494 e. The first-order chi connectivity index (χ1) is 18.5. The highest BCUT2D eigenvalue weighted by molar-refractivity contribution is 6.00. The molecule has 0 unspecified atom stereocenters. The highest BCUT2D eigenvalue weighted by Crippen LogP contribution is 2.33. The molecule has 0 bridgehead atoms. The second kappa shape index (κ2) is 12.5. The van der Waals surface area contributed by atoms with Gasteiger partial charge in [-0.2, -0.15) is 0 Å². The van der Waals surface area contributed by atoms with Crippen molar-refractivity contribution in [2.45, 2.75) is 38.0 Å². The number of methoxy groups -OCH3 is 2. The van der Waals surface area contributed by atoms with Crippen molar-refractivity contribution in [2.24, 2.45) is 4.99 Å². The maximum Gasteiger partial charge on any atom is 0.252 e. The Bertz CT molecular complexity index is 1250. The van der Waals surface area contributed by atoms with Crippen molar-refractivity contribution in [3.05, 3.63) is 89.5 Å². The Balaban J connectivity index is 1.58. The van der Waals surface area contributed by atoms with E-state index in [1.165, 1.54) is 0 Å². The molecule has 0 fully saturated rings. The van der Waals surface area contributed by atoms with E-state index in [4.69, 9.17) is 29.0 Å². The van der Waals surface area contributed by atoms with Crippen LogP contribution in [0.3, 0.4) is 0 Å². The van der Waals surface area contributed by atoms with Gasteiger partial charge in [0.1, 0.15) is 11.9 Å². The average molecular weight is 519 g/mol. The number of amides is 1. The summed E-state index contributed by atoms with van der Waals surface area (Å²) < 4.78 is 22.5. The number of aliphatic hydroxyl groups excluding tert-OH is 1. The van der Waals surface area contributed by atoms with Crippen LogP contribution in [0.25, 0.3) is 0 Å². The molecule has 2 N–H and O–H groups in total. The second-order valence-corrected chi connectivity index (χ2v) is 9.09. The molecule has 8 heteroatoms. The molecule has 2 atom stereocenters. The normalized spacial score (nSPS) is 18.3. The molecule has 4 rings (SSSR count). The summed E-state index contributed by atoms with van der Waals surface area (Å²) in [5.74, 6) is 2.11. The molecule has 0 saturated heterocycles. The largest absolute Gasteiger partial charge is 0.494 e. The summed E-state index contributed by atoms with van der Waals surface area (Å²) in [6.45, 7) is 2.69. The van der Waals surface area contributed by atoms with E-state index in [9.17, 15) is 4.79 Å². The highest BCUT2D eigenvalue weighted by atomic mass is 16.5. The van der Waals surface area contributed by atoms with Gasteiger partial charge in [-0.1, -0.05) is 36.4 Å². The monoisotopic (exact) mass is 518 g/mol. The summed E-state index contributed by atoms with van der Waals surface area (Å²) >= 11 is 0. The molecular formula is C30H34N2O6. The molecular weight excluding hydrogens is 484 g/mol. The average Bonchev–Trinajstić information content (AvgIpc) is 3.29. The zero-order chi connectivity index (χ0) is 27.0. The van der Waals surface area contributed by atoms with Gasteiger partial charge in [0.2, 0.25) is 5.90 Å². The first kappa shape index (κ1) is 27.0. The summed E-state index contributed by atoms with van der Waals surface area (Å²) in [5, 5.41) is 12.0. The molecule has 0 spiro atoms. The molecule has 200 valence electrons. The Labute approximate surface area is 223 Å². The van der Waals surface area contributed by atoms with Crippen LogP contribution in [-0.2, 0) is 22.5 Å². The van der Waals surface area contributed by atoms with Crippen LogP contribution < -0.4 is 19.5 Å². The molecule has 1 heterocycles. The minimum atomic E-state index is -1.15. The number of hydrogen-bond acceptors (Lipinski definition) is 7. The predicted octanol–water partition coefficient (Wildman–Crippen LogP) is 3.93. The predicted molar refractivity (Wildman–Crippen MR) is 145 cm³/mol. The number of ether oxygens (including phenoxy) is 4. The SMILES string of the molecule is COc1ccc(CNC(=O)[C@]2(Cc3ccccc3)N=C(c3ccc(OCCCO)cc3)O[C@@H]2C)cc1OC. The molecule has 0 saturated carbocycles. The van der Waals surface area contributed by atoms with Gasteiger partial charge in [-0.3, -0.25) is 4.79 Å². The van der Waals surface area contributed by atoms with Crippen molar-refractivity contribution < 1.29 is 28.8 Å². The first-order valence-electron chi connectivity index (χ1n) is 12.6. The van der Waals surface area contributed by atoms with Crippen LogP contribution in [0.5, 0.6) is 17.2 Å². The van der Waals surface area contributed by atoms with Crippen LogP contribution in [0.15, 0.2) is 77.8 Å². The lowest BCUT2D eigenvalue weighted by atomic mass is 9.86. The van der Waals surface area contributed by atoms with Crippen molar-refractivity contribution in [1.82, 2.24) is 5.32 Å². The number of hydrogen-bond donors (Lipinski definition) is 2. The molecule has 3 aromatic carbocycles. The lowest BCUT2D eigenvalue weighted by Crippen LogP contribution is -2.52. The van der Waals surface area contributed by atoms with Gasteiger partial charge < -0.3 is 29.4 Å². The van der Waals surface area contributed by atoms with Crippen LogP contribution >= 0.6 is 0 Å². The number of benzene rings is 3. The molecule has 1 aliphatic heterocycles. The number of nitrogens with zero attached hydrogens (tertiary/aromatic N) is 1. The van der Waals surface area contributed by atoms with E-state index in [-0.39, 0.29) is 12.5 Å². The Morgan fingerprint density at radius 3 is 2.42 bits per heavy atom. The van der Waals surface area contributed by atoms with E-state index in [0.717, 1.165) is 16.7 Å².